The zero-order valence-electron chi connectivity index (χ0n) is 13.5. The molecule has 0 radical (unpaired) electrons. The first-order chi connectivity index (χ1) is 10.5. The number of hydrogen-bond acceptors (Lipinski definition) is 4. The highest BCUT2D eigenvalue weighted by atomic mass is 127. The first-order valence-electron chi connectivity index (χ1n) is 7.33. The van der Waals surface area contributed by atoms with Gasteiger partial charge >= 0.3 is 0 Å². The topological polar surface area (TPSA) is 71.0 Å². The van der Waals surface area contributed by atoms with Gasteiger partial charge in [-0.25, -0.2) is 8.42 Å². The maximum atomic E-state index is 11.0. The van der Waals surface area contributed by atoms with Gasteiger partial charge < -0.3 is 15.0 Å². The van der Waals surface area contributed by atoms with E-state index in [1.54, 1.807) is 7.05 Å². The van der Waals surface area contributed by atoms with Crippen LogP contribution in [-0.4, -0.2) is 59.7 Å². The molecule has 0 spiro atoms. The minimum Gasteiger partial charge on any atom is -0.379 e. The van der Waals surface area contributed by atoms with E-state index in [0.29, 0.717) is 13.2 Å². The number of sulfone groups is 1. The zero-order valence-corrected chi connectivity index (χ0v) is 16.6. The molecule has 0 saturated heterocycles. The quantitative estimate of drug-likeness (QED) is 0.305. The second kappa shape index (κ2) is 9.43. The van der Waals surface area contributed by atoms with Gasteiger partial charge in [0, 0.05) is 32.1 Å². The van der Waals surface area contributed by atoms with Crippen LogP contribution in [0.3, 0.4) is 0 Å². The molecule has 0 atom stereocenters. The fourth-order valence-corrected chi connectivity index (χ4v) is 2.82. The highest BCUT2D eigenvalue weighted by Gasteiger charge is 2.21. The third kappa shape index (κ3) is 6.27. The van der Waals surface area contributed by atoms with Crippen molar-refractivity contribution in [2.24, 2.45) is 4.99 Å². The van der Waals surface area contributed by atoms with Crippen LogP contribution in [0.4, 0.5) is 5.69 Å². The molecule has 1 aliphatic rings. The van der Waals surface area contributed by atoms with Gasteiger partial charge in [-0.3, -0.25) is 4.99 Å². The molecule has 0 unspecified atom stereocenters. The van der Waals surface area contributed by atoms with Crippen LogP contribution in [0.15, 0.2) is 29.3 Å². The predicted octanol–water partition coefficient (Wildman–Crippen LogP) is 1.30. The number of benzene rings is 1. The number of ether oxygens (including phenoxy) is 1. The molecule has 0 aliphatic carbocycles. The van der Waals surface area contributed by atoms with Crippen LogP contribution >= 0.6 is 24.0 Å². The maximum absolute atomic E-state index is 11.0. The number of para-hydroxylation sites is 1. The van der Waals surface area contributed by atoms with Crippen molar-refractivity contribution in [2.45, 2.75) is 6.42 Å². The number of aliphatic imine (C=N–C) groups is 1. The van der Waals surface area contributed by atoms with E-state index in [-0.39, 0.29) is 36.3 Å². The summed E-state index contributed by atoms with van der Waals surface area (Å²) in [7, 11) is -1.20. The number of nitrogens with one attached hydrogen (secondary N) is 1. The lowest BCUT2D eigenvalue weighted by Gasteiger charge is -2.22. The van der Waals surface area contributed by atoms with E-state index in [2.05, 4.69) is 27.3 Å². The van der Waals surface area contributed by atoms with E-state index >= 15 is 0 Å². The Balaban J connectivity index is 0.00000264. The van der Waals surface area contributed by atoms with Crippen molar-refractivity contribution in [3.63, 3.8) is 0 Å². The van der Waals surface area contributed by atoms with Crippen molar-refractivity contribution in [1.29, 1.82) is 0 Å². The van der Waals surface area contributed by atoms with Gasteiger partial charge in [-0.1, -0.05) is 18.2 Å². The first-order valence-corrected chi connectivity index (χ1v) is 9.39. The molecule has 130 valence electrons. The number of anilines is 1. The monoisotopic (exact) mass is 453 g/mol. The average Bonchev–Trinajstić information content (AvgIpc) is 2.89. The molecular weight excluding hydrogens is 429 g/mol. The van der Waals surface area contributed by atoms with Gasteiger partial charge in [0.05, 0.1) is 19.0 Å². The molecule has 0 bridgehead atoms. The van der Waals surface area contributed by atoms with E-state index in [1.165, 1.54) is 17.5 Å². The molecule has 1 aliphatic heterocycles. The van der Waals surface area contributed by atoms with Crippen molar-refractivity contribution in [3.8, 4) is 0 Å². The molecular formula is C15H24IN3O3S. The van der Waals surface area contributed by atoms with Crippen LogP contribution in [0.2, 0.25) is 0 Å². The molecule has 8 heteroatoms. The second-order valence-electron chi connectivity index (χ2n) is 5.25. The van der Waals surface area contributed by atoms with Crippen molar-refractivity contribution in [3.05, 3.63) is 29.8 Å². The highest BCUT2D eigenvalue weighted by Crippen LogP contribution is 2.27. The number of rotatable bonds is 6. The Labute approximate surface area is 155 Å². The summed E-state index contributed by atoms with van der Waals surface area (Å²) in [5.74, 6) is 0.873. The third-order valence-electron chi connectivity index (χ3n) is 3.48. The molecule has 0 aromatic heterocycles. The van der Waals surface area contributed by atoms with Crippen LogP contribution in [0, 0.1) is 0 Å². The van der Waals surface area contributed by atoms with E-state index < -0.39 is 9.84 Å². The highest BCUT2D eigenvalue weighted by molar-refractivity contribution is 14.0. The van der Waals surface area contributed by atoms with Gasteiger partial charge in [0.15, 0.2) is 5.96 Å². The second-order valence-corrected chi connectivity index (χ2v) is 7.51. The van der Waals surface area contributed by atoms with Gasteiger partial charge in [-0.2, -0.15) is 0 Å². The van der Waals surface area contributed by atoms with Crippen LogP contribution in [0.1, 0.15) is 5.56 Å². The molecule has 2 rings (SSSR count). The number of guanidine groups is 1. The van der Waals surface area contributed by atoms with Gasteiger partial charge in [0.1, 0.15) is 9.84 Å². The Hall–Kier alpha value is -0.870. The van der Waals surface area contributed by atoms with Crippen LogP contribution in [0.5, 0.6) is 0 Å². The molecule has 1 aromatic rings. The first kappa shape index (κ1) is 20.2. The van der Waals surface area contributed by atoms with Crippen molar-refractivity contribution < 1.29 is 13.2 Å². The Kier molecular flexibility index (Phi) is 8.27. The van der Waals surface area contributed by atoms with Crippen LogP contribution in [-0.2, 0) is 21.0 Å². The number of fused-ring (bicyclic) bond motifs is 1. The fourth-order valence-electron chi connectivity index (χ4n) is 2.40. The molecule has 0 saturated carbocycles. The summed E-state index contributed by atoms with van der Waals surface area (Å²) >= 11 is 0. The van der Waals surface area contributed by atoms with Gasteiger partial charge in [0.2, 0.25) is 0 Å². The lowest BCUT2D eigenvalue weighted by atomic mass is 10.2. The number of hydrogen-bond donors (Lipinski definition) is 1. The Morgan fingerprint density at radius 1 is 1.35 bits per heavy atom. The number of halogens is 1. The molecule has 0 fully saturated rings. The largest absolute Gasteiger partial charge is 0.379 e. The Morgan fingerprint density at radius 2 is 2.09 bits per heavy atom. The number of nitrogens with zero attached hydrogens (tertiary/aromatic N) is 2. The summed E-state index contributed by atoms with van der Waals surface area (Å²) in [6, 6.07) is 8.31. The molecule has 1 aromatic carbocycles. The molecule has 23 heavy (non-hydrogen) atoms. The van der Waals surface area contributed by atoms with E-state index in [9.17, 15) is 8.42 Å². The normalized spacial score (nSPS) is 14.3. The molecule has 1 heterocycles. The third-order valence-corrected chi connectivity index (χ3v) is 4.39. The molecule has 0 amide bonds. The van der Waals surface area contributed by atoms with Crippen molar-refractivity contribution in [1.82, 2.24) is 5.32 Å². The van der Waals surface area contributed by atoms with E-state index in [1.807, 2.05) is 12.1 Å². The smallest absolute Gasteiger partial charge is 0.198 e. The van der Waals surface area contributed by atoms with Gasteiger partial charge in [0.25, 0.3) is 0 Å². The maximum Gasteiger partial charge on any atom is 0.198 e. The minimum absolute atomic E-state index is 0. The Bertz CT molecular complexity index is 635. The van der Waals surface area contributed by atoms with E-state index in [4.69, 9.17) is 4.74 Å². The molecule has 1 N–H and O–H groups in total. The van der Waals surface area contributed by atoms with Gasteiger partial charge in [-0.05, 0) is 18.1 Å². The van der Waals surface area contributed by atoms with Gasteiger partial charge in [-0.15, -0.1) is 24.0 Å². The van der Waals surface area contributed by atoms with Crippen molar-refractivity contribution >= 4 is 45.5 Å². The van der Waals surface area contributed by atoms with Crippen LogP contribution in [0.25, 0.3) is 0 Å². The van der Waals surface area contributed by atoms with Crippen molar-refractivity contribution in [2.75, 3.05) is 50.3 Å². The average molecular weight is 453 g/mol. The Morgan fingerprint density at radius 3 is 2.78 bits per heavy atom. The summed E-state index contributed by atoms with van der Waals surface area (Å²) in [6.45, 7) is 2.18. The summed E-state index contributed by atoms with van der Waals surface area (Å²) in [5, 5.41) is 3.25. The summed E-state index contributed by atoms with van der Waals surface area (Å²) in [4.78, 5) is 6.46. The standard InChI is InChI=1S/C15H23N3O3S.HI/c1-16-15(17-8-10-21-11-12-22(2,19)20)18-9-7-13-5-3-4-6-14(13)18;/h3-6H,7-12H2,1-2H3,(H,16,17);1H. The zero-order chi connectivity index (χ0) is 16.0. The minimum atomic E-state index is -2.96. The summed E-state index contributed by atoms with van der Waals surface area (Å²) in [5.41, 5.74) is 2.52. The lowest BCUT2D eigenvalue weighted by molar-refractivity contribution is 0.154. The predicted molar refractivity (Wildman–Crippen MR) is 105 cm³/mol. The van der Waals surface area contributed by atoms with E-state index in [0.717, 1.165) is 18.9 Å². The fraction of sp³-hybridized carbons (Fsp3) is 0.533. The molecule has 6 nitrogen and oxygen atoms in total. The SMILES string of the molecule is CN=C(NCCOCCS(C)(=O)=O)N1CCc2ccccc21.I. The summed E-state index contributed by atoms with van der Waals surface area (Å²) in [6.07, 6.45) is 2.23. The lowest BCUT2D eigenvalue weighted by Crippen LogP contribution is -2.42. The van der Waals surface area contributed by atoms with Crippen LogP contribution < -0.4 is 10.2 Å². The summed E-state index contributed by atoms with van der Waals surface area (Å²) < 4.78 is 27.3.